The van der Waals surface area contributed by atoms with Crippen molar-refractivity contribution in [3.05, 3.63) is 54.1 Å². The first kappa shape index (κ1) is 19.3. The van der Waals surface area contributed by atoms with E-state index in [2.05, 4.69) is 5.32 Å². The van der Waals surface area contributed by atoms with Gasteiger partial charge >= 0.3 is 0 Å². The van der Waals surface area contributed by atoms with Gasteiger partial charge < -0.3 is 15.8 Å². The molecule has 0 bridgehead atoms. The fourth-order valence-electron chi connectivity index (χ4n) is 2.01. The van der Waals surface area contributed by atoms with Gasteiger partial charge in [0, 0.05) is 18.3 Å². The first-order chi connectivity index (χ1) is 12.2. The average molecular weight is 377 g/mol. The summed E-state index contributed by atoms with van der Waals surface area (Å²) in [5.41, 5.74) is 6.49. The van der Waals surface area contributed by atoms with Crippen molar-refractivity contribution >= 4 is 33.2 Å². The molecule has 0 spiro atoms. The lowest BCUT2D eigenvalue weighted by atomic mass is 10.2. The number of hydrogen-bond acceptors (Lipinski definition) is 5. The maximum atomic E-state index is 11.9. The fourth-order valence-corrected chi connectivity index (χ4v) is 2.51. The summed E-state index contributed by atoms with van der Waals surface area (Å²) in [5, 5.41) is 2.62. The third-order valence-electron chi connectivity index (χ3n) is 3.52. The van der Waals surface area contributed by atoms with Crippen LogP contribution in [0.15, 0.2) is 48.5 Å². The van der Waals surface area contributed by atoms with Crippen molar-refractivity contribution in [2.45, 2.75) is 0 Å². The third kappa shape index (κ3) is 5.21. The summed E-state index contributed by atoms with van der Waals surface area (Å²) in [6.45, 7) is -0.223. The van der Waals surface area contributed by atoms with Gasteiger partial charge in [0.15, 0.2) is 6.61 Å². The van der Waals surface area contributed by atoms with Crippen LogP contribution in [0.2, 0.25) is 0 Å². The quantitative estimate of drug-likeness (QED) is 0.751. The van der Waals surface area contributed by atoms with Crippen LogP contribution in [0.3, 0.4) is 0 Å². The SMILES string of the molecule is CN(c1ccc(OCC(=O)Nc2ccc(C(N)=O)cc2)cc1)S(C)(=O)=O. The molecule has 8 nitrogen and oxygen atoms in total. The Bertz CT molecular complexity index is 893. The molecule has 0 heterocycles. The second kappa shape index (κ2) is 7.87. The molecule has 0 fully saturated rings. The summed E-state index contributed by atoms with van der Waals surface area (Å²) >= 11 is 0. The van der Waals surface area contributed by atoms with E-state index in [1.807, 2.05) is 0 Å². The first-order valence-corrected chi connectivity index (χ1v) is 9.38. The monoisotopic (exact) mass is 377 g/mol. The molecule has 26 heavy (non-hydrogen) atoms. The van der Waals surface area contributed by atoms with Crippen LogP contribution < -0.4 is 20.1 Å². The van der Waals surface area contributed by atoms with Gasteiger partial charge in [-0.25, -0.2) is 8.42 Å². The lowest BCUT2D eigenvalue weighted by Gasteiger charge is -2.16. The molecule has 0 radical (unpaired) electrons. The van der Waals surface area contributed by atoms with Crippen molar-refractivity contribution in [1.29, 1.82) is 0 Å². The van der Waals surface area contributed by atoms with Crippen LogP contribution in [-0.4, -0.2) is 40.1 Å². The molecule has 2 aromatic rings. The van der Waals surface area contributed by atoms with E-state index >= 15 is 0 Å². The predicted molar refractivity (Wildman–Crippen MR) is 98.8 cm³/mol. The Labute approximate surface area is 151 Å². The number of nitrogens with zero attached hydrogens (tertiary/aromatic N) is 1. The molecule has 2 amide bonds. The van der Waals surface area contributed by atoms with Gasteiger partial charge in [-0.1, -0.05) is 0 Å². The van der Waals surface area contributed by atoms with Crippen LogP contribution in [-0.2, 0) is 14.8 Å². The second-order valence-electron chi connectivity index (χ2n) is 5.50. The van der Waals surface area contributed by atoms with Crippen molar-refractivity contribution in [3.63, 3.8) is 0 Å². The summed E-state index contributed by atoms with van der Waals surface area (Å²) in [6.07, 6.45) is 1.11. The molecule has 3 N–H and O–H groups in total. The summed E-state index contributed by atoms with van der Waals surface area (Å²) < 4.78 is 29.5. The normalized spacial score (nSPS) is 10.8. The van der Waals surface area contributed by atoms with Gasteiger partial charge in [0.25, 0.3) is 5.91 Å². The zero-order valence-corrected chi connectivity index (χ0v) is 15.1. The molecule has 2 aromatic carbocycles. The van der Waals surface area contributed by atoms with Gasteiger partial charge in [-0.05, 0) is 48.5 Å². The van der Waals surface area contributed by atoms with E-state index in [0.717, 1.165) is 10.6 Å². The van der Waals surface area contributed by atoms with Gasteiger partial charge in [-0.2, -0.15) is 0 Å². The number of carbonyl (C=O) groups is 2. The second-order valence-corrected chi connectivity index (χ2v) is 7.52. The molecule has 0 unspecified atom stereocenters. The van der Waals surface area contributed by atoms with Gasteiger partial charge in [0.2, 0.25) is 15.9 Å². The van der Waals surface area contributed by atoms with Crippen molar-refractivity contribution < 1.29 is 22.7 Å². The molecule has 9 heteroatoms. The maximum absolute atomic E-state index is 11.9. The Hall–Kier alpha value is -3.07. The van der Waals surface area contributed by atoms with Gasteiger partial charge in [0.1, 0.15) is 5.75 Å². The molecule has 0 saturated carbocycles. The Kier molecular flexibility index (Phi) is 5.83. The summed E-state index contributed by atoms with van der Waals surface area (Å²) in [6, 6.07) is 12.5. The highest BCUT2D eigenvalue weighted by molar-refractivity contribution is 7.92. The summed E-state index contributed by atoms with van der Waals surface area (Å²) in [5.74, 6) is -0.500. The number of rotatable bonds is 7. The van der Waals surface area contributed by atoms with E-state index in [1.54, 1.807) is 36.4 Å². The summed E-state index contributed by atoms with van der Waals surface area (Å²) in [7, 11) is -1.89. The van der Waals surface area contributed by atoms with E-state index in [4.69, 9.17) is 10.5 Å². The van der Waals surface area contributed by atoms with E-state index < -0.39 is 15.9 Å². The Morgan fingerprint density at radius 1 is 1.08 bits per heavy atom. The minimum atomic E-state index is -3.34. The van der Waals surface area contributed by atoms with E-state index in [0.29, 0.717) is 22.7 Å². The molecule has 0 aliphatic heterocycles. The highest BCUT2D eigenvalue weighted by Crippen LogP contribution is 2.20. The van der Waals surface area contributed by atoms with Crippen molar-refractivity contribution in [2.24, 2.45) is 5.73 Å². The Balaban J connectivity index is 1.90. The van der Waals surface area contributed by atoms with Crippen molar-refractivity contribution in [2.75, 3.05) is 29.5 Å². The molecule has 0 aliphatic rings. The highest BCUT2D eigenvalue weighted by atomic mass is 32.2. The number of anilines is 2. The van der Waals surface area contributed by atoms with E-state index in [-0.39, 0.29) is 12.5 Å². The number of primary amides is 1. The lowest BCUT2D eigenvalue weighted by molar-refractivity contribution is -0.118. The fraction of sp³-hybridized carbons (Fsp3) is 0.176. The van der Waals surface area contributed by atoms with E-state index in [9.17, 15) is 18.0 Å². The molecule has 138 valence electrons. The Morgan fingerprint density at radius 3 is 2.15 bits per heavy atom. The number of amides is 2. The average Bonchev–Trinajstić information content (AvgIpc) is 2.59. The number of benzene rings is 2. The molecular weight excluding hydrogens is 358 g/mol. The predicted octanol–water partition coefficient (Wildman–Crippen LogP) is 1.20. The van der Waals surface area contributed by atoms with Crippen LogP contribution >= 0.6 is 0 Å². The number of nitrogens with one attached hydrogen (secondary N) is 1. The van der Waals surface area contributed by atoms with Crippen molar-refractivity contribution in [3.8, 4) is 5.75 Å². The van der Waals surface area contributed by atoms with Crippen LogP contribution in [0.5, 0.6) is 5.75 Å². The maximum Gasteiger partial charge on any atom is 0.262 e. The van der Waals surface area contributed by atoms with Crippen LogP contribution in [0.4, 0.5) is 11.4 Å². The number of ether oxygens (including phenoxy) is 1. The molecular formula is C17H19N3O5S. The number of hydrogen-bond donors (Lipinski definition) is 2. The molecule has 0 aliphatic carbocycles. The van der Waals surface area contributed by atoms with E-state index in [1.165, 1.54) is 19.2 Å². The number of carbonyl (C=O) groups excluding carboxylic acids is 2. The molecule has 2 rings (SSSR count). The summed E-state index contributed by atoms with van der Waals surface area (Å²) in [4.78, 5) is 22.9. The van der Waals surface area contributed by atoms with Crippen LogP contribution in [0.25, 0.3) is 0 Å². The first-order valence-electron chi connectivity index (χ1n) is 7.53. The Morgan fingerprint density at radius 2 is 1.65 bits per heavy atom. The minimum absolute atomic E-state index is 0.223. The zero-order valence-electron chi connectivity index (χ0n) is 14.3. The van der Waals surface area contributed by atoms with Crippen LogP contribution in [0, 0.1) is 0 Å². The topological polar surface area (TPSA) is 119 Å². The third-order valence-corrected chi connectivity index (χ3v) is 4.73. The number of nitrogens with two attached hydrogens (primary N) is 1. The van der Waals surface area contributed by atoms with Gasteiger partial charge in [0.05, 0.1) is 11.9 Å². The molecule has 0 aromatic heterocycles. The number of sulfonamides is 1. The van der Waals surface area contributed by atoms with Gasteiger partial charge in [-0.3, -0.25) is 13.9 Å². The largest absolute Gasteiger partial charge is 0.484 e. The molecule has 0 atom stereocenters. The van der Waals surface area contributed by atoms with Gasteiger partial charge in [-0.15, -0.1) is 0 Å². The smallest absolute Gasteiger partial charge is 0.262 e. The highest BCUT2D eigenvalue weighted by Gasteiger charge is 2.12. The van der Waals surface area contributed by atoms with Crippen molar-refractivity contribution in [1.82, 2.24) is 0 Å². The zero-order chi connectivity index (χ0) is 19.3. The van der Waals surface area contributed by atoms with Crippen LogP contribution in [0.1, 0.15) is 10.4 Å². The minimum Gasteiger partial charge on any atom is -0.484 e. The lowest BCUT2D eigenvalue weighted by Crippen LogP contribution is -2.24. The molecule has 0 saturated heterocycles. The standard InChI is InChI=1S/C17H19N3O5S/c1-20(26(2,23)24)14-7-9-15(10-8-14)25-11-16(21)19-13-5-3-12(4-6-13)17(18)22/h3-10H,11H2,1-2H3,(H2,18,22)(H,19,21).